The average Bonchev–Trinajstić information content (AvgIpc) is 2.96. The van der Waals surface area contributed by atoms with Crippen LogP contribution in [-0.2, 0) is 11.3 Å². The van der Waals surface area contributed by atoms with Gasteiger partial charge in [-0.1, -0.05) is 30.3 Å². The lowest BCUT2D eigenvalue weighted by atomic mass is 10.2. The lowest BCUT2D eigenvalue weighted by Gasteiger charge is -2.34. The standard InChI is InChI=1S/C18H26N4O/c1-15-17(20-18(19-15)16-6-4-3-5-7-16)14-22-10-8-21(9-11-22)12-13-23-2/h3-7H,8-14H2,1-2H3,(H,19,20). The van der Waals surface area contributed by atoms with Gasteiger partial charge in [-0.3, -0.25) is 9.80 Å². The van der Waals surface area contributed by atoms with Gasteiger partial charge in [-0.25, -0.2) is 4.98 Å². The minimum Gasteiger partial charge on any atom is -0.383 e. The number of piperazine rings is 1. The summed E-state index contributed by atoms with van der Waals surface area (Å²) in [6, 6.07) is 10.3. The Balaban J connectivity index is 1.58. The van der Waals surface area contributed by atoms with Crippen LogP contribution < -0.4 is 0 Å². The molecule has 0 atom stereocenters. The van der Waals surface area contributed by atoms with Gasteiger partial charge >= 0.3 is 0 Å². The SMILES string of the molecule is COCCN1CCN(Cc2nc(-c3ccccc3)[nH]c2C)CC1. The summed E-state index contributed by atoms with van der Waals surface area (Å²) in [6.45, 7) is 9.30. The van der Waals surface area contributed by atoms with Crippen molar-refractivity contribution in [1.82, 2.24) is 19.8 Å². The maximum atomic E-state index is 5.16. The number of aryl methyl sites for hydroxylation is 1. The third kappa shape index (κ3) is 4.19. The molecule has 5 heteroatoms. The summed E-state index contributed by atoms with van der Waals surface area (Å²) >= 11 is 0. The number of ether oxygens (including phenoxy) is 1. The third-order valence-corrected chi connectivity index (χ3v) is 4.48. The molecule has 1 aliphatic rings. The van der Waals surface area contributed by atoms with Crippen LogP contribution in [0.15, 0.2) is 30.3 Å². The number of aromatic nitrogens is 2. The molecule has 0 amide bonds. The number of rotatable bonds is 6. The second-order valence-electron chi connectivity index (χ2n) is 6.13. The second-order valence-corrected chi connectivity index (χ2v) is 6.13. The number of aromatic amines is 1. The molecule has 1 fully saturated rings. The summed E-state index contributed by atoms with van der Waals surface area (Å²) in [4.78, 5) is 13.2. The molecule has 0 saturated carbocycles. The number of imidazole rings is 1. The maximum absolute atomic E-state index is 5.16. The van der Waals surface area contributed by atoms with Crippen molar-refractivity contribution in [3.8, 4) is 11.4 Å². The van der Waals surface area contributed by atoms with Gasteiger partial charge in [0, 0.05) is 57.6 Å². The van der Waals surface area contributed by atoms with E-state index in [1.165, 1.54) is 5.69 Å². The molecular weight excluding hydrogens is 288 g/mol. The van der Waals surface area contributed by atoms with E-state index in [1.807, 2.05) is 18.2 Å². The lowest BCUT2D eigenvalue weighted by molar-refractivity contribution is 0.0932. The van der Waals surface area contributed by atoms with Crippen LogP contribution in [-0.4, -0.2) is 66.2 Å². The molecule has 1 aromatic heterocycles. The van der Waals surface area contributed by atoms with E-state index in [2.05, 4.69) is 33.8 Å². The van der Waals surface area contributed by atoms with Gasteiger partial charge in [0.2, 0.25) is 0 Å². The van der Waals surface area contributed by atoms with Gasteiger partial charge in [0.1, 0.15) is 5.82 Å². The molecule has 0 spiro atoms. The smallest absolute Gasteiger partial charge is 0.137 e. The Labute approximate surface area is 138 Å². The second kappa shape index (κ2) is 7.73. The first kappa shape index (κ1) is 16.2. The third-order valence-electron chi connectivity index (χ3n) is 4.48. The molecule has 2 aromatic rings. The van der Waals surface area contributed by atoms with Crippen molar-refractivity contribution in [3.05, 3.63) is 41.7 Å². The van der Waals surface area contributed by atoms with Crippen LogP contribution >= 0.6 is 0 Å². The van der Waals surface area contributed by atoms with Gasteiger partial charge in [0.15, 0.2) is 0 Å². The molecule has 3 rings (SSSR count). The molecule has 2 heterocycles. The number of methoxy groups -OCH3 is 1. The first-order valence-corrected chi connectivity index (χ1v) is 8.31. The van der Waals surface area contributed by atoms with Gasteiger partial charge in [-0.05, 0) is 6.92 Å². The van der Waals surface area contributed by atoms with Crippen LogP contribution in [0.3, 0.4) is 0 Å². The molecule has 1 aliphatic heterocycles. The molecule has 0 aliphatic carbocycles. The zero-order valence-corrected chi connectivity index (χ0v) is 14.1. The summed E-state index contributed by atoms with van der Waals surface area (Å²) in [5.74, 6) is 0.969. The average molecular weight is 314 g/mol. The number of hydrogen-bond donors (Lipinski definition) is 1. The van der Waals surface area contributed by atoms with Crippen LogP contribution in [0.2, 0.25) is 0 Å². The van der Waals surface area contributed by atoms with Crippen molar-refractivity contribution in [2.75, 3.05) is 46.4 Å². The van der Waals surface area contributed by atoms with E-state index in [0.717, 1.165) is 63.0 Å². The molecule has 0 bridgehead atoms. The highest BCUT2D eigenvalue weighted by Gasteiger charge is 2.18. The minimum absolute atomic E-state index is 0.818. The van der Waals surface area contributed by atoms with Gasteiger partial charge in [-0.15, -0.1) is 0 Å². The van der Waals surface area contributed by atoms with Crippen LogP contribution in [0.25, 0.3) is 11.4 Å². The number of benzene rings is 1. The summed E-state index contributed by atoms with van der Waals surface area (Å²) in [5.41, 5.74) is 3.48. The van der Waals surface area contributed by atoms with Gasteiger partial charge in [0.25, 0.3) is 0 Å². The molecule has 124 valence electrons. The van der Waals surface area contributed by atoms with Crippen molar-refractivity contribution in [2.45, 2.75) is 13.5 Å². The lowest BCUT2D eigenvalue weighted by Crippen LogP contribution is -2.46. The zero-order valence-electron chi connectivity index (χ0n) is 14.1. The Morgan fingerprint density at radius 3 is 2.48 bits per heavy atom. The Morgan fingerprint density at radius 2 is 1.78 bits per heavy atom. The molecule has 23 heavy (non-hydrogen) atoms. The van der Waals surface area contributed by atoms with Crippen molar-refractivity contribution in [1.29, 1.82) is 0 Å². The van der Waals surface area contributed by atoms with Gasteiger partial charge in [0.05, 0.1) is 12.3 Å². The molecule has 1 saturated heterocycles. The highest BCUT2D eigenvalue weighted by atomic mass is 16.5. The fraction of sp³-hybridized carbons (Fsp3) is 0.500. The number of nitrogens with one attached hydrogen (secondary N) is 1. The minimum atomic E-state index is 0.818. The zero-order chi connectivity index (χ0) is 16.1. The van der Waals surface area contributed by atoms with Crippen LogP contribution in [0, 0.1) is 6.92 Å². The Kier molecular flexibility index (Phi) is 5.43. The summed E-state index contributed by atoms with van der Waals surface area (Å²) < 4.78 is 5.16. The topological polar surface area (TPSA) is 44.4 Å². The number of nitrogens with zero attached hydrogens (tertiary/aromatic N) is 3. The highest BCUT2D eigenvalue weighted by molar-refractivity contribution is 5.55. The Hall–Kier alpha value is -1.69. The van der Waals surface area contributed by atoms with Gasteiger partial charge in [-0.2, -0.15) is 0 Å². The number of H-pyrrole nitrogens is 1. The molecule has 0 radical (unpaired) electrons. The predicted octanol–water partition coefficient (Wildman–Crippen LogP) is 2.15. The fourth-order valence-electron chi connectivity index (χ4n) is 2.99. The van der Waals surface area contributed by atoms with Crippen molar-refractivity contribution in [2.24, 2.45) is 0 Å². The van der Waals surface area contributed by atoms with Crippen molar-refractivity contribution in [3.63, 3.8) is 0 Å². The predicted molar refractivity (Wildman–Crippen MR) is 92.4 cm³/mol. The van der Waals surface area contributed by atoms with E-state index < -0.39 is 0 Å². The van der Waals surface area contributed by atoms with Crippen LogP contribution in [0.1, 0.15) is 11.4 Å². The molecule has 0 unspecified atom stereocenters. The Bertz CT molecular complexity index is 603. The van der Waals surface area contributed by atoms with E-state index in [-0.39, 0.29) is 0 Å². The normalized spacial score (nSPS) is 16.8. The first-order valence-electron chi connectivity index (χ1n) is 8.31. The Morgan fingerprint density at radius 1 is 1.09 bits per heavy atom. The molecule has 1 aromatic carbocycles. The quantitative estimate of drug-likeness (QED) is 0.887. The van der Waals surface area contributed by atoms with E-state index in [4.69, 9.17) is 9.72 Å². The summed E-state index contributed by atoms with van der Waals surface area (Å²) in [5, 5.41) is 0. The van der Waals surface area contributed by atoms with E-state index in [0.29, 0.717) is 0 Å². The van der Waals surface area contributed by atoms with E-state index in [9.17, 15) is 0 Å². The molecular formula is C18H26N4O. The molecule has 5 nitrogen and oxygen atoms in total. The fourth-order valence-corrected chi connectivity index (χ4v) is 2.99. The molecule has 1 N–H and O–H groups in total. The number of hydrogen-bond acceptors (Lipinski definition) is 4. The van der Waals surface area contributed by atoms with Crippen molar-refractivity contribution < 1.29 is 4.74 Å². The van der Waals surface area contributed by atoms with E-state index >= 15 is 0 Å². The van der Waals surface area contributed by atoms with Gasteiger partial charge < -0.3 is 9.72 Å². The highest BCUT2D eigenvalue weighted by Crippen LogP contribution is 2.19. The van der Waals surface area contributed by atoms with Crippen LogP contribution in [0.4, 0.5) is 0 Å². The summed E-state index contributed by atoms with van der Waals surface area (Å²) in [6.07, 6.45) is 0. The van der Waals surface area contributed by atoms with Crippen molar-refractivity contribution >= 4 is 0 Å². The van der Waals surface area contributed by atoms with E-state index in [1.54, 1.807) is 7.11 Å². The maximum Gasteiger partial charge on any atom is 0.137 e. The van der Waals surface area contributed by atoms with Crippen LogP contribution in [0.5, 0.6) is 0 Å². The monoisotopic (exact) mass is 314 g/mol. The summed E-state index contributed by atoms with van der Waals surface area (Å²) in [7, 11) is 1.76. The first-order chi connectivity index (χ1) is 11.3. The largest absolute Gasteiger partial charge is 0.383 e.